The summed E-state index contributed by atoms with van der Waals surface area (Å²) in [5, 5.41) is 4.34. The van der Waals surface area contributed by atoms with Crippen molar-refractivity contribution in [3.8, 4) is 11.4 Å². The van der Waals surface area contributed by atoms with Gasteiger partial charge in [0.1, 0.15) is 5.82 Å². The van der Waals surface area contributed by atoms with E-state index >= 15 is 0 Å². The standard InChI is InChI=1S/C19H27N5O/c1-6-24-17(9-10-20-24)15-12-14(21-13(2)22-15)16-8-7-11-23(16)18(25)19(3,4)5/h9-10,12,16H,6-8,11H2,1-5H3/t16-/m0/s1. The van der Waals surface area contributed by atoms with Gasteiger partial charge in [-0.2, -0.15) is 5.10 Å². The van der Waals surface area contributed by atoms with Crippen LogP contribution in [0.2, 0.25) is 0 Å². The highest BCUT2D eigenvalue weighted by Gasteiger charge is 2.36. The summed E-state index contributed by atoms with van der Waals surface area (Å²) in [6.07, 6.45) is 3.75. The third-order valence-corrected chi connectivity index (χ3v) is 4.63. The molecule has 0 saturated carbocycles. The van der Waals surface area contributed by atoms with Crippen LogP contribution in [-0.4, -0.2) is 37.1 Å². The maximum atomic E-state index is 12.8. The van der Waals surface area contributed by atoms with Crippen molar-refractivity contribution >= 4 is 5.91 Å². The third-order valence-electron chi connectivity index (χ3n) is 4.63. The Bertz CT molecular complexity index is 774. The molecule has 0 N–H and O–H groups in total. The van der Waals surface area contributed by atoms with Gasteiger partial charge in [0.25, 0.3) is 0 Å². The molecule has 0 bridgehead atoms. The molecule has 2 aromatic heterocycles. The molecule has 25 heavy (non-hydrogen) atoms. The van der Waals surface area contributed by atoms with Gasteiger partial charge in [-0.25, -0.2) is 9.97 Å². The van der Waals surface area contributed by atoms with E-state index in [1.54, 1.807) is 6.20 Å². The van der Waals surface area contributed by atoms with Crippen molar-refractivity contribution in [2.75, 3.05) is 6.54 Å². The normalized spacial score (nSPS) is 18.0. The lowest BCUT2D eigenvalue weighted by Crippen LogP contribution is -2.39. The molecule has 134 valence electrons. The Balaban J connectivity index is 1.99. The molecule has 1 saturated heterocycles. The number of hydrogen-bond acceptors (Lipinski definition) is 4. The molecule has 2 aromatic rings. The van der Waals surface area contributed by atoms with Crippen molar-refractivity contribution < 1.29 is 4.79 Å². The van der Waals surface area contributed by atoms with Crippen LogP contribution < -0.4 is 0 Å². The summed E-state index contributed by atoms with van der Waals surface area (Å²) >= 11 is 0. The van der Waals surface area contributed by atoms with Crippen LogP contribution in [-0.2, 0) is 11.3 Å². The van der Waals surface area contributed by atoms with Crippen LogP contribution in [0.1, 0.15) is 58.1 Å². The minimum absolute atomic E-state index is 0.0326. The number of hydrogen-bond donors (Lipinski definition) is 0. The van der Waals surface area contributed by atoms with Crippen molar-refractivity contribution in [3.05, 3.63) is 29.8 Å². The molecule has 1 aliphatic heterocycles. The lowest BCUT2D eigenvalue weighted by Gasteiger charge is -2.30. The Morgan fingerprint density at radius 2 is 2.08 bits per heavy atom. The number of aryl methyl sites for hydroxylation is 2. The van der Waals surface area contributed by atoms with Crippen LogP contribution in [0, 0.1) is 12.3 Å². The summed E-state index contributed by atoms with van der Waals surface area (Å²) in [5.74, 6) is 0.915. The summed E-state index contributed by atoms with van der Waals surface area (Å²) in [6, 6.07) is 4.03. The van der Waals surface area contributed by atoms with Gasteiger partial charge in [0.15, 0.2) is 0 Å². The molecule has 0 unspecified atom stereocenters. The van der Waals surface area contributed by atoms with Crippen LogP contribution in [0.4, 0.5) is 0 Å². The van der Waals surface area contributed by atoms with Gasteiger partial charge < -0.3 is 4.90 Å². The first-order valence-electron chi connectivity index (χ1n) is 9.00. The first-order valence-corrected chi connectivity index (χ1v) is 9.00. The Morgan fingerprint density at radius 1 is 1.32 bits per heavy atom. The molecule has 6 heteroatoms. The molecule has 1 atom stereocenters. The number of carbonyl (C=O) groups is 1. The number of nitrogens with zero attached hydrogens (tertiary/aromatic N) is 5. The minimum atomic E-state index is -0.381. The lowest BCUT2D eigenvalue weighted by atomic mass is 9.94. The fourth-order valence-electron chi connectivity index (χ4n) is 3.44. The summed E-state index contributed by atoms with van der Waals surface area (Å²) in [5.41, 5.74) is 2.41. The molecule has 0 aliphatic carbocycles. The maximum absolute atomic E-state index is 12.8. The van der Waals surface area contributed by atoms with Crippen LogP contribution >= 0.6 is 0 Å². The van der Waals surface area contributed by atoms with Crippen LogP contribution in [0.25, 0.3) is 11.4 Å². The Hall–Kier alpha value is -2.24. The van der Waals surface area contributed by atoms with Crippen LogP contribution in [0.3, 0.4) is 0 Å². The highest BCUT2D eigenvalue weighted by molar-refractivity contribution is 5.82. The van der Waals surface area contributed by atoms with Gasteiger partial charge in [0.05, 0.1) is 23.1 Å². The van der Waals surface area contributed by atoms with Gasteiger partial charge in [-0.3, -0.25) is 9.48 Å². The second kappa shape index (κ2) is 6.58. The van der Waals surface area contributed by atoms with Crippen molar-refractivity contribution in [2.24, 2.45) is 5.41 Å². The van der Waals surface area contributed by atoms with E-state index in [2.05, 4.69) is 22.0 Å². The molecule has 0 radical (unpaired) electrons. The summed E-state index contributed by atoms with van der Waals surface area (Å²) in [4.78, 5) is 24.1. The highest BCUT2D eigenvalue weighted by Crippen LogP contribution is 2.35. The SMILES string of the molecule is CCn1nccc1-c1cc([C@@H]2CCCN2C(=O)C(C)(C)C)nc(C)n1. The largest absolute Gasteiger partial charge is 0.334 e. The summed E-state index contributed by atoms with van der Waals surface area (Å²) in [6.45, 7) is 11.5. The van der Waals surface area contributed by atoms with Crippen molar-refractivity contribution in [1.29, 1.82) is 0 Å². The fourth-order valence-corrected chi connectivity index (χ4v) is 3.44. The van der Waals surface area contributed by atoms with Gasteiger partial charge in [-0.15, -0.1) is 0 Å². The maximum Gasteiger partial charge on any atom is 0.228 e. The Kier molecular flexibility index (Phi) is 4.62. The number of likely N-dealkylation sites (tertiary alicyclic amines) is 1. The number of rotatable bonds is 3. The van der Waals surface area contributed by atoms with Gasteiger partial charge in [-0.05, 0) is 38.8 Å². The van der Waals surface area contributed by atoms with Crippen molar-refractivity contribution in [1.82, 2.24) is 24.6 Å². The zero-order valence-electron chi connectivity index (χ0n) is 15.8. The van der Waals surface area contributed by atoms with E-state index in [0.29, 0.717) is 0 Å². The number of aromatic nitrogens is 4. The summed E-state index contributed by atoms with van der Waals surface area (Å²) in [7, 11) is 0. The average Bonchev–Trinajstić information content (AvgIpc) is 3.21. The molecule has 3 rings (SSSR count). The second-order valence-corrected chi connectivity index (χ2v) is 7.66. The first-order chi connectivity index (χ1) is 11.8. The molecule has 1 aliphatic rings. The van der Waals surface area contributed by atoms with E-state index in [-0.39, 0.29) is 17.4 Å². The zero-order chi connectivity index (χ0) is 18.2. The molecule has 0 spiro atoms. The second-order valence-electron chi connectivity index (χ2n) is 7.66. The predicted octanol–water partition coefficient (Wildman–Crippen LogP) is 3.38. The van der Waals surface area contributed by atoms with Crippen LogP contribution in [0.15, 0.2) is 18.3 Å². The molecule has 6 nitrogen and oxygen atoms in total. The van der Waals surface area contributed by atoms with E-state index in [9.17, 15) is 4.79 Å². The minimum Gasteiger partial charge on any atom is -0.334 e. The number of carbonyl (C=O) groups excluding carboxylic acids is 1. The number of amides is 1. The van der Waals surface area contributed by atoms with Crippen molar-refractivity contribution in [3.63, 3.8) is 0 Å². The van der Waals surface area contributed by atoms with Gasteiger partial charge in [0.2, 0.25) is 5.91 Å². The lowest BCUT2D eigenvalue weighted by molar-refractivity contribution is -0.140. The quantitative estimate of drug-likeness (QED) is 0.858. The van der Waals surface area contributed by atoms with E-state index in [4.69, 9.17) is 0 Å². The molecule has 1 amide bonds. The Labute approximate surface area is 149 Å². The Morgan fingerprint density at radius 3 is 2.76 bits per heavy atom. The molecular formula is C19H27N5O. The average molecular weight is 341 g/mol. The van der Waals surface area contributed by atoms with E-state index in [1.807, 2.05) is 49.4 Å². The van der Waals surface area contributed by atoms with Gasteiger partial charge in [-0.1, -0.05) is 20.8 Å². The monoisotopic (exact) mass is 341 g/mol. The first kappa shape index (κ1) is 17.6. The molecule has 3 heterocycles. The van der Waals surface area contributed by atoms with E-state index in [0.717, 1.165) is 48.8 Å². The summed E-state index contributed by atoms with van der Waals surface area (Å²) < 4.78 is 1.93. The predicted molar refractivity (Wildman–Crippen MR) is 96.8 cm³/mol. The highest BCUT2D eigenvalue weighted by atomic mass is 16.2. The van der Waals surface area contributed by atoms with Gasteiger partial charge in [0, 0.05) is 24.7 Å². The van der Waals surface area contributed by atoms with Crippen LogP contribution in [0.5, 0.6) is 0 Å². The molecule has 0 aromatic carbocycles. The molecular weight excluding hydrogens is 314 g/mol. The van der Waals surface area contributed by atoms with Crippen molar-refractivity contribution in [2.45, 2.75) is 60.0 Å². The third kappa shape index (κ3) is 3.43. The zero-order valence-corrected chi connectivity index (χ0v) is 15.8. The fraction of sp³-hybridized carbons (Fsp3) is 0.579. The topological polar surface area (TPSA) is 63.9 Å². The van der Waals surface area contributed by atoms with E-state index in [1.165, 1.54) is 0 Å². The van der Waals surface area contributed by atoms with E-state index < -0.39 is 0 Å². The smallest absolute Gasteiger partial charge is 0.228 e. The van der Waals surface area contributed by atoms with Gasteiger partial charge >= 0.3 is 0 Å². The molecule has 1 fully saturated rings.